The summed E-state index contributed by atoms with van der Waals surface area (Å²) in [4.78, 5) is 29.8. The SMILES string of the molecule is CC(=O)NCCNC(=O)c1c(F)ccc2c1CCN2c1cc(Cc2cc(F)c(F)c(F)c2)ccn1. The van der Waals surface area contributed by atoms with E-state index in [1.807, 2.05) is 4.90 Å². The van der Waals surface area contributed by atoms with Crippen LogP contribution in [-0.4, -0.2) is 36.4 Å². The van der Waals surface area contributed by atoms with E-state index in [1.165, 1.54) is 19.2 Å². The normalized spacial score (nSPS) is 12.4. The maximum Gasteiger partial charge on any atom is 0.254 e. The van der Waals surface area contributed by atoms with Crippen molar-refractivity contribution in [2.24, 2.45) is 0 Å². The van der Waals surface area contributed by atoms with Gasteiger partial charge in [-0.2, -0.15) is 0 Å². The monoisotopic (exact) mass is 486 g/mol. The molecule has 2 heterocycles. The van der Waals surface area contributed by atoms with Crippen LogP contribution >= 0.6 is 0 Å². The van der Waals surface area contributed by atoms with E-state index in [0.717, 1.165) is 12.1 Å². The van der Waals surface area contributed by atoms with E-state index in [0.29, 0.717) is 35.6 Å². The Morgan fingerprint density at radius 3 is 2.37 bits per heavy atom. The van der Waals surface area contributed by atoms with Gasteiger partial charge in [-0.3, -0.25) is 9.59 Å². The molecule has 2 aromatic carbocycles. The van der Waals surface area contributed by atoms with Gasteiger partial charge in [-0.05, 0) is 65.9 Å². The van der Waals surface area contributed by atoms with E-state index >= 15 is 0 Å². The fourth-order valence-corrected chi connectivity index (χ4v) is 4.11. The number of amides is 2. The molecule has 10 heteroatoms. The lowest BCUT2D eigenvalue weighted by molar-refractivity contribution is -0.118. The number of hydrogen-bond acceptors (Lipinski definition) is 4. The number of rotatable bonds is 7. The molecule has 1 aliphatic heterocycles. The number of nitrogens with one attached hydrogen (secondary N) is 2. The van der Waals surface area contributed by atoms with Crippen molar-refractivity contribution in [3.8, 4) is 0 Å². The van der Waals surface area contributed by atoms with Crippen LogP contribution in [0.5, 0.6) is 0 Å². The number of aromatic nitrogens is 1. The molecule has 0 saturated heterocycles. The number of halogens is 4. The summed E-state index contributed by atoms with van der Waals surface area (Å²) in [5, 5.41) is 5.17. The second-order valence-electron chi connectivity index (χ2n) is 8.13. The van der Waals surface area contributed by atoms with Gasteiger partial charge >= 0.3 is 0 Å². The summed E-state index contributed by atoms with van der Waals surface area (Å²) < 4.78 is 55.0. The van der Waals surface area contributed by atoms with Crippen molar-refractivity contribution >= 4 is 23.3 Å². The molecular formula is C25H22F4N4O2. The second-order valence-corrected chi connectivity index (χ2v) is 8.13. The zero-order valence-electron chi connectivity index (χ0n) is 18.8. The highest BCUT2D eigenvalue weighted by molar-refractivity contribution is 5.98. The molecule has 0 bridgehead atoms. The minimum Gasteiger partial charge on any atom is -0.355 e. The topological polar surface area (TPSA) is 74.3 Å². The first-order chi connectivity index (χ1) is 16.7. The van der Waals surface area contributed by atoms with Crippen molar-refractivity contribution in [2.45, 2.75) is 19.8 Å². The molecule has 3 aromatic rings. The van der Waals surface area contributed by atoms with Crippen LogP contribution in [0.2, 0.25) is 0 Å². The minimum atomic E-state index is -1.51. The molecule has 0 unspecified atom stereocenters. The molecular weight excluding hydrogens is 464 g/mol. The fraction of sp³-hybridized carbons (Fsp3) is 0.240. The van der Waals surface area contributed by atoms with Gasteiger partial charge in [0.2, 0.25) is 5.91 Å². The Labute approximate surface area is 199 Å². The van der Waals surface area contributed by atoms with Crippen molar-refractivity contribution in [2.75, 3.05) is 24.5 Å². The maximum absolute atomic E-state index is 14.6. The average Bonchev–Trinajstić information content (AvgIpc) is 3.24. The van der Waals surface area contributed by atoms with Crippen LogP contribution in [-0.2, 0) is 17.6 Å². The average molecular weight is 486 g/mol. The van der Waals surface area contributed by atoms with Crippen molar-refractivity contribution in [1.29, 1.82) is 0 Å². The van der Waals surface area contributed by atoms with Gasteiger partial charge in [-0.15, -0.1) is 0 Å². The van der Waals surface area contributed by atoms with Crippen LogP contribution in [0.1, 0.15) is 34.0 Å². The first-order valence-electron chi connectivity index (χ1n) is 10.9. The molecule has 4 rings (SSSR count). The largest absolute Gasteiger partial charge is 0.355 e. The number of nitrogens with zero attached hydrogens (tertiary/aromatic N) is 2. The van der Waals surface area contributed by atoms with Crippen LogP contribution in [0.3, 0.4) is 0 Å². The fourth-order valence-electron chi connectivity index (χ4n) is 4.11. The molecule has 6 nitrogen and oxygen atoms in total. The van der Waals surface area contributed by atoms with Crippen molar-refractivity contribution in [1.82, 2.24) is 15.6 Å². The Morgan fingerprint density at radius 1 is 0.943 bits per heavy atom. The maximum atomic E-state index is 14.6. The predicted molar refractivity (Wildman–Crippen MR) is 121 cm³/mol. The molecule has 0 aliphatic carbocycles. The van der Waals surface area contributed by atoms with E-state index < -0.39 is 29.2 Å². The summed E-state index contributed by atoms with van der Waals surface area (Å²) in [6.45, 7) is 2.18. The quantitative estimate of drug-likeness (QED) is 0.303. The lowest BCUT2D eigenvalue weighted by atomic mass is 10.0. The van der Waals surface area contributed by atoms with E-state index in [1.54, 1.807) is 18.2 Å². The summed E-state index contributed by atoms with van der Waals surface area (Å²) in [6.07, 6.45) is 2.09. The van der Waals surface area contributed by atoms with Crippen LogP contribution < -0.4 is 15.5 Å². The van der Waals surface area contributed by atoms with Crippen LogP contribution in [0.4, 0.5) is 29.1 Å². The van der Waals surface area contributed by atoms with Gasteiger partial charge in [0.25, 0.3) is 5.91 Å². The summed E-state index contributed by atoms with van der Waals surface area (Å²) in [5.41, 5.74) is 2.06. The Hall–Kier alpha value is -3.95. The molecule has 0 atom stereocenters. The van der Waals surface area contributed by atoms with E-state index in [2.05, 4.69) is 15.6 Å². The van der Waals surface area contributed by atoms with Crippen LogP contribution in [0.25, 0.3) is 0 Å². The molecule has 0 saturated carbocycles. The predicted octanol–water partition coefficient (Wildman–Crippen LogP) is 3.79. The zero-order valence-corrected chi connectivity index (χ0v) is 18.8. The molecule has 0 fully saturated rings. The summed E-state index contributed by atoms with van der Waals surface area (Å²) in [6, 6.07) is 8.09. The molecule has 2 N–H and O–H groups in total. The number of hydrogen-bond donors (Lipinski definition) is 2. The number of fused-ring (bicyclic) bond motifs is 1. The summed E-state index contributed by atoms with van der Waals surface area (Å²) in [5.74, 6) is -4.96. The van der Waals surface area contributed by atoms with Crippen LogP contribution in [0, 0.1) is 23.3 Å². The number of benzene rings is 2. The lowest BCUT2D eigenvalue weighted by Gasteiger charge is -2.20. The number of carbonyl (C=O) groups is 2. The van der Waals surface area contributed by atoms with Gasteiger partial charge in [-0.25, -0.2) is 22.5 Å². The highest BCUT2D eigenvalue weighted by Crippen LogP contribution is 2.37. The molecule has 0 radical (unpaired) electrons. The van der Waals surface area contributed by atoms with E-state index in [9.17, 15) is 27.2 Å². The van der Waals surface area contributed by atoms with Gasteiger partial charge in [0, 0.05) is 38.4 Å². The van der Waals surface area contributed by atoms with Gasteiger partial charge in [-0.1, -0.05) is 0 Å². The van der Waals surface area contributed by atoms with Gasteiger partial charge < -0.3 is 15.5 Å². The molecule has 2 amide bonds. The van der Waals surface area contributed by atoms with E-state index in [-0.39, 0.29) is 36.5 Å². The first-order valence-corrected chi connectivity index (χ1v) is 10.9. The highest BCUT2D eigenvalue weighted by atomic mass is 19.2. The molecule has 182 valence electrons. The molecule has 1 aliphatic rings. The molecule has 0 spiro atoms. The van der Waals surface area contributed by atoms with E-state index in [4.69, 9.17) is 0 Å². The zero-order chi connectivity index (χ0) is 25.1. The molecule has 35 heavy (non-hydrogen) atoms. The highest BCUT2D eigenvalue weighted by Gasteiger charge is 2.28. The van der Waals surface area contributed by atoms with Gasteiger partial charge in [0.1, 0.15) is 11.6 Å². The smallest absolute Gasteiger partial charge is 0.254 e. The third kappa shape index (κ3) is 5.26. The standard InChI is InChI=1S/C25H22F4N4O2/c1-14(34)30-7-8-32-25(35)23-17-5-9-33(21(17)3-2-18(23)26)22-13-15(4-6-31-22)10-16-11-19(27)24(29)20(28)12-16/h2-4,6,11-13H,5,7-10H2,1H3,(H,30,34)(H,32,35). The minimum absolute atomic E-state index is 0.0544. The Bertz CT molecular complexity index is 1280. The van der Waals surface area contributed by atoms with Gasteiger partial charge in [0.05, 0.1) is 5.56 Å². The number of carbonyl (C=O) groups excluding carboxylic acids is 2. The number of pyridine rings is 1. The molecule has 1 aromatic heterocycles. The van der Waals surface area contributed by atoms with Gasteiger partial charge in [0.15, 0.2) is 17.5 Å². The summed E-state index contributed by atoms with van der Waals surface area (Å²) >= 11 is 0. The van der Waals surface area contributed by atoms with Crippen molar-refractivity contribution in [3.05, 3.63) is 88.1 Å². The Balaban J connectivity index is 1.55. The number of anilines is 2. The second kappa shape index (κ2) is 10.1. The van der Waals surface area contributed by atoms with Crippen molar-refractivity contribution < 1.29 is 27.2 Å². The van der Waals surface area contributed by atoms with Crippen LogP contribution in [0.15, 0.2) is 42.6 Å². The first kappa shape index (κ1) is 24.2. The third-order valence-corrected chi connectivity index (χ3v) is 5.66. The Kier molecular flexibility index (Phi) is 6.99. The lowest BCUT2D eigenvalue weighted by Crippen LogP contribution is -2.34. The summed E-state index contributed by atoms with van der Waals surface area (Å²) in [7, 11) is 0. The van der Waals surface area contributed by atoms with Crippen molar-refractivity contribution in [3.63, 3.8) is 0 Å². The third-order valence-electron chi connectivity index (χ3n) is 5.66. The Morgan fingerprint density at radius 2 is 1.66 bits per heavy atom.